The van der Waals surface area contributed by atoms with Crippen molar-refractivity contribution in [2.45, 2.75) is 6.42 Å². The van der Waals surface area contributed by atoms with Gasteiger partial charge in [-0.2, -0.15) is 5.26 Å². The molecule has 1 aromatic carbocycles. The maximum absolute atomic E-state index is 12.0. The molecule has 0 fully saturated rings. The van der Waals surface area contributed by atoms with Crippen LogP contribution in [-0.4, -0.2) is 38.0 Å². The fraction of sp³-hybridized carbons (Fsp3) is 0.294. The quantitative estimate of drug-likeness (QED) is 0.617. The number of hydrogen-bond donors (Lipinski definition) is 1. The molecule has 0 unspecified atom stereocenters. The zero-order chi connectivity index (χ0) is 17.5. The third-order valence-corrected chi connectivity index (χ3v) is 3.42. The zero-order valence-electron chi connectivity index (χ0n) is 13.6. The molecule has 2 N–H and O–H groups in total. The highest BCUT2D eigenvalue weighted by molar-refractivity contribution is 5.95. The molecule has 7 nitrogen and oxygen atoms in total. The lowest BCUT2D eigenvalue weighted by molar-refractivity contribution is 0.0593. The van der Waals surface area contributed by atoms with Crippen molar-refractivity contribution in [1.29, 1.82) is 5.26 Å². The number of nitrogen functional groups attached to an aromatic ring is 1. The lowest BCUT2D eigenvalue weighted by atomic mass is 10.2. The van der Waals surface area contributed by atoms with Gasteiger partial charge in [0.2, 0.25) is 0 Å². The van der Waals surface area contributed by atoms with Crippen molar-refractivity contribution in [3.63, 3.8) is 0 Å². The lowest BCUT2D eigenvalue weighted by Gasteiger charge is -2.10. The molecule has 1 heterocycles. The van der Waals surface area contributed by atoms with E-state index in [2.05, 4.69) is 0 Å². The molecule has 0 aliphatic carbocycles. The van der Waals surface area contributed by atoms with E-state index in [1.807, 2.05) is 6.07 Å². The molecule has 0 amide bonds. The number of anilines is 1. The molecular weight excluding hydrogens is 310 g/mol. The Balaban J connectivity index is 2.25. The van der Waals surface area contributed by atoms with Crippen LogP contribution in [-0.2, 0) is 9.47 Å². The molecule has 2 aromatic rings. The summed E-state index contributed by atoms with van der Waals surface area (Å²) in [6.45, 7) is 1.19. The first-order valence-electron chi connectivity index (χ1n) is 7.33. The molecule has 0 aliphatic heterocycles. The van der Waals surface area contributed by atoms with Gasteiger partial charge in [-0.05, 0) is 24.3 Å². The van der Waals surface area contributed by atoms with Crippen molar-refractivity contribution in [3.8, 4) is 17.5 Å². The molecule has 1 aromatic heterocycles. The number of methoxy groups -OCH3 is 2. The van der Waals surface area contributed by atoms with Gasteiger partial charge in [0.15, 0.2) is 5.69 Å². The number of esters is 1. The number of hydrogen-bond acceptors (Lipinski definition) is 6. The van der Waals surface area contributed by atoms with Crippen LogP contribution in [0.4, 0.5) is 5.69 Å². The second-order valence-electron chi connectivity index (χ2n) is 4.97. The molecule has 0 saturated carbocycles. The SMILES string of the molecule is COCCCOc1ccc(-n2cc(C#N)c(N)c2C(=O)OC)cc1. The normalized spacial score (nSPS) is 10.2. The number of aromatic nitrogens is 1. The molecule has 0 bridgehead atoms. The number of nitrogens with two attached hydrogens (primary N) is 1. The minimum absolute atomic E-state index is 0.101. The van der Waals surface area contributed by atoms with E-state index in [4.69, 9.17) is 25.2 Å². The Morgan fingerprint density at radius 2 is 1.96 bits per heavy atom. The maximum Gasteiger partial charge on any atom is 0.357 e. The molecule has 7 heteroatoms. The first-order valence-corrected chi connectivity index (χ1v) is 7.33. The van der Waals surface area contributed by atoms with Gasteiger partial charge in [0, 0.05) is 32.0 Å². The summed E-state index contributed by atoms with van der Waals surface area (Å²) in [6.07, 6.45) is 2.31. The number of carbonyl (C=O) groups is 1. The zero-order valence-corrected chi connectivity index (χ0v) is 13.6. The Bertz CT molecular complexity index is 744. The summed E-state index contributed by atoms with van der Waals surface area (Å²) in [4.78, 5) is 12.0. The van der Waals surface area contributed by atoms with Crippen LogP contribution in [0.3, 0.4) is 0 Å². The van der Waals surface area contributed by atoms with Gasteiger partial charge in [-0.1, -0.05) is 0 Å². The molecule has 24 heavy (non-hydrogen) atoms. The smallest absolute Gasteiger partial charge is 0.357 e. The Morgan fingerprint density at radius 3 is 2.54 bits per heavy atom. The van der Waals surface area contributed by atoms with Gasteiger partial charge in [-0.3, -0.25) is 0 Å². The van der Waals surface area contributed by atoms with Crippen LogP contribution in [0.15, 0.2) is 30.5 Å². The van der Waals surface area contributed by atoms with E-state index in [-0.39, 0.29) is 16.9 Å². The molecule has 0 aliphatic rings. The average molecular weight is 329 g/mol. The van der Waals surface area contributed by atoms with Crippen LogP contribution >= 0.6 is 0 Å². The summed E-state index contributed by atoms with van der Waals surface area (Å²) in [5.74, 6) is 0.101. The standard InChI is InChI=1S/C17H19N3O4/c1-22-8-3-9-24-14-6-4-13(5-7-14)20-11-12(10-18)15(19)16(20)17(21)23-2/h4-7,11H,3,8-9,19H2,1-2H3. The van der Waals surface area contributed by atoms with Crippen LogP contribution < -0.4 is 10.5 Å². The first-order chi connectivity index (χ1) is 11.6. The number of benzene rings is 1. The fourth-order valence-corrected chi connectivity index (χ4v) is 2.21. The predicted molar refractivity (Wildman–Crippen MR) is 88.2 cm³/mol. The van der Waals surface area contributed by atoms with Crippen molar-refractivity contribution < 1.29 is 19.0 Å². The Hall–Kier alpha value is -2.98. The number of nitrogens with zero attached hydrogens (tertiary/aromatic N) is 2. The van der Waals surface area contributed by atoms with E-state index in [0.29, 0.717) is 24.7 Å². The summed E-state index contributed by atoms with van der Waals surface area (Å²) in [5.41, 5.74) is 6.99. The van der Waals surface area contributed by atoms with Crippen LogP contribution in [0, 0.1) is 11.3 Å². The van der Waals surface area contributed by atoms with Gasteiger partial charge in [0.25, 0.3) is 0 Å². The van der Waals surface area contributed by atoms with Crippen molar-refractivity contribution in [2.75, 3.05) is 33.2 Å². The van der Waals surface area contributed by atoms with Crippen molar-refractivity contribution in [2.24, 2.45) is 0 Å². The van der Waals surface area contributed by atoms with E-state index in [1.165, 1.54) is 17.9 Å². The second kappa shape index (κ2) is 8.04. The third-order valence-electron chi connectivity index (χ3n) is 3.42. The van der Waals surface area contributed by atoms with E-state index in [0.717, 1.165) is 6.42 Å². The highest BCUT2D eigenvalue weighted by Crippen LogP contribution is 2.25. The van der Waals surface area contributed by atoms with Gasteiger partial charge in [0.05, 0.1) is 25.0 Å². The summed E-state index contributed by atoms with van der Waals surface area (Å²) in [5, 5.41) is 9.12. The van der Waals surface area contributed by atoms with Gasteiger partial charge < -0.3 is 24.5 Å². The molecule has 126 valence electrons. The third kappa shape index (κ3) is 3.67. The summed E-state index contributed by atoms with van der Waals surface area (Å²) in [7, 11) is 2.91. The lowest BCUT2D eigenvalue weighted by Crippen LogP contribution is -2.11. The van der Waals surface area contributed by atoms with Crippen molar-refractivity contribution in [3.05, 3.63) is 41.7 Å². The number of carbonyl (C=O) groups excluding carboxylic acids is 1. The van der Waals surface area contributed by atoms with Crippen LogP contribution in [0.1, 0.15) is 22.5 Å². The number of ether oxygens (including phenoxy) is 3. The van der Waals surface area contributed by atoms with Gasteiger partial charge in [-0.25, -0.2) is 4.79 Å². The fourth-order valence-electron chi connectivity index (χ4n) is 2.21. The molecule has 0 saturated heterocycles. The average Bonchev–Trinajstić information content (AvgIpc) is 2.95. The van der Waals surface area contributed by atoms with Crippen LogP contribution in [0.2, 0.25) is 0 Å². The van der Waals surface area contributed by atoms with E-state index in [9.17, 15) is 4.79 Å². The van der Waals surface area contributed by atoms with Crippen molar-refractivity contribution >= 4 is 11.7 Å². The largest absolute Gasteiger partial charge is 0.494 e. The van der Waals surface area contributed by atoms with Crippen LogP contribution in [0.5, 0.6) is 5.75 Å². The molecule has 0 spiro atoms. The number of rotatable bonds is 7. The summed E-state index contributed by atoms with van der Waals surface area (Å²) >= 11 is 0. The predicted octanol–water partition coefficient (Wildman–Crippen LogP) is 2.13. The minimum atomic E-state index is -0.603. The van der Waals surface area contributed by atoms with E-state index >= 15 is 0 Å². The van der Waals surface area contributed by atoms with E-state index < -0.39 is 5.97 Å². The van der Waals surface area contributed by atoms with Gasteiger partial charge >= 0.3 is 5.97 Å². The Kier molecular flexibility index (Phi) is 5.82. The number of nitriles is 1. The van der Waals surface area contributed by atoms with Gasteiger partial charge in [0.1, 0.15) is 11.8 Å². The highest BCUT2D eigenvalue weighted by atomic mass is 16.5. The monoisotopic (exact) mass is 329 g/mol. The summed E-state index contributed by atoms with van der Waals surface area (Å²) < 4.78 is 16.8. The Labute approximate surface area is 140 Å². The summed E-state index contributed by atoms with van der Waals surface area (Å²) in [6, 6.07) is 9.09. The minimum Gasteiger partial charge on any atom is -0.494 e. The molecule has 0 atom stereocenters. The van der Waals surface area contributed by atoms with E-state index in [1.54, 1.807) is 31.4 Å². The van der Waals surface area contributed by atoms with Gasteiger partial charge in [-0.15, -0.1) is 0 Å². The van der Waals surface area contributed by atoms with Crippen LogP contribution in [0.25, 0.3) is 5.69 Å². The molecular formula is C17H19N3O4. The highest BCUT2D eigenvalue weighted by Gasteiger charge is 2.21. The molecule has 2 rings (SSSR count). The van der Waals surface area contributed by atoms with Crippen molar-refractivity contribution in [1.82, 2.24) is 4.57 Å². The molecule has 0 radical (unpaired) electrons. The topological polar surface area (TPSA) is 99.5 Å². The second-order valence-corrected chi connectivity index (χ2v) is 4.97. The first kappa shape index (κ1) is 17.4. The Morgan fingerprint density at radius 1 is 1.25 bits per heavy atom. The maximum atomic E-state index is 12.0.